The molecule has 0 radical (unpaired) electrons. The third-order valence-electron chi connectivity index (χ3n) is 5.21. The van der Waals surface area contributed by atoms with Gasteiger partial charge in [-0.15, -0.1) is 0 Å². The average Bonchev–Trinajstić information content (AvgIpc) is 3.08. The summed E-state index contributed by atoms with van der Waals surface area (Å²) < 4.78 is 12.1. The van der Waals surface area contributed by atoms with Gasteiger partial charge in [-0.3, -0.25) is 0 Å². The van der Waals surface area contributed by atoms with Gasteiger partial charge in [0.1, 0.15) is 11.7 Å². The number of benzene rings is 3. The van der Waals surface area contributed by atoms with E-state index in [4.69, 9.17) is 9.47 Å². The molecule has 3 aromatic carbocycles. The van der Waals surface area contributed by atoms with Crippen LogP contribution in [0.2, 0.25) is 0 Å². The second kappa shape index (κ2) is 8.25. The van der Waals surface area contributed by atoms with E-state index >= 15 is 0 Å². The number of ether oxygens (including phenoxy) is 2. The first-order valence-corrected chi connectivity index (χ1v) is 9.52. The zero-order valence-electron chi connectivity index (χ0n) is 15.5. The van der Waals surface area contributed by atoms with Crippen LogP contribution in [0.5, 0.6) is 0 Å². The molecule has 1 unspecified atom stereocenters. The van der Waals surface area contributed by atoms with Crippen LogP contribution in [-0.4, -0.2) is 35.3 Å². The van der Waals surface area contributed by atoms with Crippen molar-refractivity contribution in [1.29, 1.82) is 0 Å². The van der Waals surface area contributed by atoms with Gasteiger partial charge in [-0.2, -0.15) is 0 Å². The normalized spacial score (nSPS) is 22.3. The van der Waals surface area contributed by atoms with E-state index in [0.717, 1.165) is 16.7 Å². The van der Waals surface area contributed by atoms with E-state index in [9.17, 15) is 10.2 Å². The number of hydrogen-bond acceptors (Lipinski definition) is 4. The molecular weight excluding hydrogens is 352 g/mol. The highest BCUT2D eigenvalue weighted by atomic mass is 16.6. The van der Waals surface area contributed by atoms with Gasteiger partial charge in [-0.1, -0.05) is 91.0 Å². The molecule has 1 fully saturated rings. The number of hydrogen-bond donors (Lipinski definition) is 2. The van der Waals surface area contributed by atoms with Crippen molar-refractivity contribution in [2.75, 3.05) is 6.61 Å². The van der Waals surface area contributed by atoms with Gasteiger partial charge in [0, 0.05) is 6.42 Å². The molecule has 144 valence electrons. The molecule has 0 spiro atoms. The Morgan fingerprint density at radius 2 is 1.18 bits per heavy atom. The highest BCUT2D eigenvalue weighted by Gasteiger charge is 2.40. The van der Waals surface area contributed by atoms with Crippen molar-refractivity contribution < 1.29 is 19.7 Å². The van der Waals surface area contributed by atoms with E-state index in [2.05, 4.69) is 0 Å². The van der Waals surface area contributed by atoms with Crippen LogP contribution in [0.25, 0.3) is 0 Å². The number of aliphatic hydroxyl groups excluding tert-OH is 2. The van der Waals surface area contributed by atoms with Gasteiger partial charge in [-0.25, -0.2) is 0 Å². The third kappa shape index (κ3) is 3.60. The largest absolute Gasteiger partial charge is 0.390 e. The van der Waals surface area contributed by atoms with Crippen molar-refractivity contribution in [1.82, 2.24) is 0 Å². The SMILES string of the molecule is OC1C[C@@H](O)[C@@H](COC(c2ccccc2)(c2ccccc2)c2ccccc2)O1. The minimum atomic E-state index is -0.955. The van der Waals surface area contributed by atoms with Crippen LogP contribution in [0.1, 0.15) is 23.1 Å². The molecule has 0 aliphatic carbocycles. The molecule has 3 atom stereocenters. The van der Waals surface area contributed by atoms with Crippen LogP contribution in [0.3, 0.4) is 0 Å². The maximum atomic E-state index is 10.2. The summed E-state index contributed by atoms with van der Waals surface area (Å²) in [6.07, 6.45) is -2.09. The lowest BCUT2D eigenvalue weighted by molar-refractivity contribution is -0.130. The summed E-state index contributed by atoms with van der Waals surface area (Å²) in [4.78, 5) is 0. The van der Waals surface area contributed by atoms with E-state index in [0.29, 0.717) is 0 Å². The Hall–Kier alpha value is -2.50. The zero-order valence-corrected chi connectivity index (χ0v) is 15.5. The quantitative estimate of drug-likeness (QED) is 0.647. The van der Waals surface area contributed by atoms with E-state index in [1.165, 1.54) is 0 Å². The van der Waals surface area contributed by atoms with Gasteiger partial charge >= 0.3 is 0 Å². The molecule has 1 saturated heterocycles. The highest BCUT2D eigenvalue weighted by molar-refractivity contribution is 5.47. The molecule has 3 aromatic rings. The first-order valence-electron chi connectivity index (χ1n) is 9.52. The van der Waals surface area contributed by atoms with Gasteiger partial charge in [0.25, 0.3) is 0 Å². The second-order valence-electron chi connectivity index (χ2n) is 7.02. The van der Waals surface area contributed by atoms with Crippen molar-refractivity contribution in [3.8, 4) is 0 Å². The van der Waals surface area contributed by atoms with Crippen LogP contribution >= 0.6 is 0 Å². The van der Waals surface area contributed by atoms with Crippen LogP contribution in [0, 0.1) is 0 Å². The van der Waals surface area contributed by atoms with Crippen molar-refractivity contribution in [3.63, 3.8) is 0 Å². The van der Waals surface area contributed by atoms with Gasteiger partial charge in [0.15, 0.2) is 6.29 Å². The summed E-state index contributed by atoms with van der Waals surface area (Å²) in [5.74, 6) is 0. The summed E-state index contributed by atoms with van der Waals surface area (Å²) in [6.45, 7) is 0.150. The van der Waals surface area contributed by atoms with Crippen LogP contribution in [-0.2, 0) is 15.1 Å². The first-order chi connectivity index (χ1) is 13.7. The molecule has 28 heavy (non-hydrogen) atoms. The lowest BCUT2D eigenvalue weighted by Crippen LogP contribution is -2.38. The van der Waals surface area contributed by atoms with Crippen LogP contribution in [0.15, 0.2) is 91.0 Å². The third-order valence-corrected chi connectivity index (χ3v) is 5.21. The predicted molar refractivity (Wildman–Crippen MR) is 107 cm³/mol. The van der Waals surface area contributed by atoms with Gasteiger partial charge in [-0.05, 0) is 16.7 Å². The molecule has 2 N–H and O–H groups in total. The summed E-state index contributed by atoms with van der Waals surface area (Å²) in [5.41, 5.74) is 2.10. The summed E-state index contributed by atoms with van der Waals surface area (Å²) in [6, 6.07) is 30.1. The number of aliphatic hydroxyl groups is 2. The fourth-order valence-electron chi connectivity index (χ4n) is 3.83. The first kappa shape index (κ1) is 18.8. The highest BCUT2D eigenvalue weighted by Crippen LogP contribution is 2.41. The summed E-state index contributed by atoms with van der Waals surface area (Å²) in [5, 5.41) is 19.9. The molecule has 0 bridgehead atoms. The minimum absolute atomic E-state index is 0.150. The Bertz CT molecular complexity index is 770. The molecule has 0 amide bonds. The lowest BCUT2D eigenvalue weighted by atomic mass is 9.80. The standard InChI is InChI=1S/C24H24O4/c25-21-16-23(26)28-22(21)17-27-24(18-10-4-1-5-11-18,19-12-6-2-7-13-19)20-14-8-3-9-15-20/h1-15,21-23,25-26H,16-17H2/t21-,22-,23?/m1/s1. The van der Waals surface area contributed by atoms with Crippen molar-refractivity contribution in [2.45, 2.75) is 30.5 Å². The Kier molecular flexibility index (Phi) is 5.55. The fraction of sp³-hybridized carbons (Fsp3) is 0.250. The van der Waals surface area contributed by atoms with E-state index in [1.807, 2.05) is 91.0 Å². The Labute approximate surface area is 165 Å². The molecule has 1 aliphatic rings. The number of rotatable bonds is 6. The monoisotopic (exact) mass is 376 g/mol. The summed E-state index contributed by atoms with van der Waals surface area (Å²) >= 11 is 0. The fourth-order valence-corrected chi connectivity index (χ4v) is 3.83. The Morgan fingerprint density at radius 1 is 0.750 bits per heavy atom. The molecular formula is C24H24O4. The van der Waals surface area contributed by atoms with Gasteiger partial charge in [0.05, 0.1) is 12.7 Å². The smallest absolute Gasteiger partial charge is 0.157 e. The predicted octanol–water partition coefficient (Wildman–Crippen LogP) is 3.46. The lowest BCUT2D eigenvalue weighted by Gasteiger charge is -2.37. The Balaban J connectivity index is 1.81. The minimum Gasteiger partial charge on any atom is -0.390 e. The second-order valence-corrected chi connectivity index (χ2v) is 7.02. The van der Waals surface area contributed by atoms with Crippen LogP contribution in [0.4, 0.5) is 0 Å². The van der Waals surface area contributed by atoms with Gasteiger partial charge in [0.2, 0.25) is 0 Å². The van der Waals surface area contributed by atoms with Crippen molar-refractivity contribution >= 4 is 0 Å². The van der Waals surface area contributed by atoms with Crippen LogP contribution < -0.4 is 0 Å². The Morgan fingerprint density at radius 3 is 1.54 bits per heavy atom. The topological polar surface area (TPSA) is 58.9 Å². The zero-order chi connectivity index (χ0) is 19.4. The van der Waals surface area contributed by atoms with Gasteiger partial charge < -0.3 is 19.7 Å². The van der Waals surface area contributed by atoms with E-state index < -0.39 is 24.1 Å². The maximum Gasteiger partial charge on any atom is 0.157 e. The molecule has 0 saturated carbocycles. The van der Waals surface area contributed by atoms with Crippen molar-refractivity contribution in [3.05, 3.63) is 108 Å². The molecule has 4 nitrogen and oxygen atoms in total. The molecule has 4 heteroatoms. The molecule has 4 rings (SSSR count). The van der Waals surface area contributed by atoms with Crippen molar-refractivity contribution in [2.24, 2.45) is 0 Å². The molecule has 1 heterocycles. The van der Waals surface area contributed by atoms with E-state index in [-0.39, 0.29) is 13.0 Å². The maximum absolute atomic E-state index is 10.2. The average molecular weight is 376 g/mol. The summed E-state index contributed by atoms with van der Waals surface area (Å²) in [7, 11) is 0. The van der Waals surface area contributed by atoms with E-state index in [1.54, 1.807) is 0 Å². The molecule has 0 aromatic heterocycles. The molecule has 1 aliphatic heterocycles.